The summed E-state index contributed by atoms with van der Waals surface area (Å²) in [5.41, 5.74) is 1.48. The van der Waals surface area contributed by atoms with E-state index in [9.17, 15) is 20.4 Å². The first-order chi connectivity index (χ1) is 11.8. The van der Waals surface area contributed by atoms with Gasteiger partial charge < -0.3 is 25.5 Å². The van der Waals surface area contributed by atoms with Gasteiger partial charge in [0, 0.05) is 14.9 Å². The monoisotopic (exact) mass is 474 g/mol. The van der Waals surface area contributed by atoms with Crippen molar-refractivity contribution in [2.24, 2.45) is 0 Å². The van der Waals surface area contributed by atoms with Crippen LogP contribution < -0.4 is 0 Å². The molecule has 0 aliphatic rings. The molecular weight excluding hydrogens is 456 g/mol. The van der Waals surface area contributed by atoms with Crippen molar-refractivity contribution in [1.29, 1.82) is 0 Å². The van der Waals surface area contributed by atoms with Gasteiger partial charge in [-0.25, -0.2) is 0 Å². The Morgan fingerprint density at radius 1 is 0.640 bits per heavy atom. The van der Waals surface area contributed by atoms with Crippen LogP contribution in [0.2, 0.25) is 0 Å². The number of hydrogen-bond acceptors (Lipinski definition) is 5. The third-order valence-corrected chi connectivity index (χ3v) is 5.14. The van der Waals surface area contributed by atoms with E-state index in [2.05, 4.69) is 31.9 Å². The van der Waals surface area contributed by atoms with Crippen LogP contribution in [-0.4, -0.2) is 56.6 Å². The number of halogens is 2. The summed E-state index contributed by atoms with van der Waals surface area (Å²) in [6.07, 6.45) is -6.24. The molecule has 0 amide bonds. The Morgan fingerprint density at radius 3 is 1.40 bits per heavy atom. The van der Waals surface area contributed by atoms with Gasteiger partial charge in [-0.2, -0.15) is 0 Å². The van der Waals surface area contributed by atoms with Crippen LogP contribution in [0, 0.1) is 0 Å². The standard InChI is InChI=1S/C18H20Br2O5/c19-12-5-1-10(2-6-12)15(11-3-7-13(20)8-4-11)17(24)18(25)16(23)14(22)9-21/h1-8,14-18,21-25H,9H2/t14-,16-,17+,18-/m1/s1. The number of benzene rings is 2. The molecule has 25 heavy (non-hydrogen) atoms. The lowest BCUT2D eigenvalue weighted by Crippen LogP contribution is -2.48. The topological polar surface area (TPSA) is 101 Å². The summed E-state index contributed by atoms with van der Waals surface area (Å²) in [6, 6.07) is 14.5. The molecule has 4 atom stereocenters. The minimum atomic E-state index is -1.67. The Bertz CT molecular complexity index is 617. The van der Waals surface area contributed by atoms with Crippen molar-refractivity contribution in [3.05, 3.63) is 68.6 Å². The smallest absolute Gasteiger partial charge is 0.111 e. The zero-order valence-electron chi connectivity index (χ0n) is 13.2. The van der Waals surface area contributed by atoms with Crippen LogP contribution in [0.4, 0.5) is 0 Å². The molecule has 0 saturated heterocycles. The fourth-order valence-corrected chi connectivity index (χ4v) is 3.19. The summed E-state index contributed by atoms with van der Waals surface area (Å²) in [5, 5.41) is 49.5. The molecule has 0 spiro atoms. The molecule has 0 fully saturated rings. The number of aliphatic hydroxyl groups is 5. The molecule has 0 aromatic heterocycles. The first kappa shape index (κ1) is 20.5. The molecule has 2 rings (SSSR count). The molecule has 5 N–H and O–H groups in total. The van der Waals surface area contributed by atoms with Gasteiger partial charge in [-0.1, -0.05) is 56.1 Å². The van der Waals surface area contributed by atoms with Crippen molar-refractivity contribution < 1.29 is 25.5 Å². The molecule has 0 bridgehead atoms. The molecule has 0 heterocycles. The minimum Gasteiger partial charge on any atom is -0.394 e. The van der Waals surface area contributed by atoms with Crippen LogP contribution in [0.3, 0.4) is 0 Å². The van der Waals surface area contributed by atoms with Gasteiger partial charge >= 0.3 is 0 Å². The molecule has 2 aromatic carbocycles. The summed E-state index contributed by atoms with van der Waals surface area (Å²) in [7, 11) is 0. The van der Waals surface area contributed by atoms with Crippen LogP contribution in [0.5, 0.6) is 0 Å². The minimum absolute atomic E-state index is 0.628. The van der Waals surface area contributed by atoms with E-state index >= 15 is 0 Å². The highest BCUT2D eigenvalue weighted by Gasteiger charge is 2.36. The summed E-state index contributed by atoms with van der Waals surface area (Å²) in [5.74, 6) is -0.628. The van der Waals surface area contributed by atoms with Gasteiger partial charge in [-0.05, 0) is 35.4 Å². The molecule has 0 unspecified atom stereocenters. The van der Waals surface area contributed by atoms with Crippen molar-refractivity contribution in [2.45, 2.75) is 30.3 Å². The second kappa shape index (κ2) is 9.23. The maximum atomic E-state index is 10.7. The second-order valence-electron chi connectivity index (χ2n) is 5.80. The summed E-state index contributed by atoms with van der Waals surface area (Å²) in [6.45, 7) is -0.716. The Balaban J connectivity index is 2.40. The van der Waals surface area contributed by atoms with Crippen molar-refractivity contribution in [1.82, 2.24) is 0 Å². The van der Waals surface area contributed by atoms with E-state index in [4.69, 9.17) is 5.11 Å². The SMILES string of the molecule is OC[C@@H](O)[C@@H](O)[C@@H](O)[C@@H](O)C(c1ccc(Br)cc1)c1ccc(Br)cc1. The van der Waals surface area contributed by atoms with E-state index in [1.54, 1.807) is 0 Å². The van der Waals surface area contributed by atoms with Crippen LogP contribution in [0.15, 0.2) is 57.5 Å². The predicted molar refractivity (Wildman–Crippen MR) is 101 cm³/mol. The van der Waals surface area contributed by atoms with Crippen LogP contribution >= 0.6 is 31.9 Å². The largest absolute Gasteiger partial charge is 0.394 e. The van der Waals surface area contributed by atoms with E-state index in [1.165, 1.54) is 0 Å². The molecule has 0 aliphatic carbocycles. The van der Waals surface area contributed by atoms with E-state index in [0.29, 0.717) is 0 Å². The average Bonchev–Trinajstić information content (AvgIpc) is 2.63. The molecule has 7 heteroatoms. The highest BCUT2D eigenvalue weighted by molar-refractivity contribution is 9.10. The molecule has 2 aromatic rings. The molecule has 0 radical (unpaired) electrons. The lowest BCUT2D eigenvalue weighted by molar-refractivity contribution is -0.117. The van der Waals surface area contributed by atoms with Crippen molar-refractivity contribution in [2.75, 3.05) is 6.61 Å². The molecular formula is C18H20Br2O5. The molecule has 0 aliphatic heterocycles. The maximum absolute atomic E-state index is 10.7. The van der Waals surface area contributed by atoms with E-state index in [-0.39, 0.29) is 0 Å². The molecule has 136 valence electrons. The Kier molecular flexibility index (Phi) is 7.57. The Hall–Kier alpha value is -0.800. The van der Waals surface area contributed by atoms with Gasteiger partial charge in [0.2, 0.25) is 0 Å². The van der Waals surface area contributed by atoms with Crippen LogP contribution in [0.1, 0.15) is 17.0 Å². The van der Waals surface area contributed by atoms with E-state index in [1.807, 2.05) is 48.5 Å². The first-order valence-corrected chi connectivity index (χ1v) is 9.27. The normalized spacial score (nSPS) is 16.5. The van der Waals surface area contributed by atoms with Gasteiger partial charge in [0.25, 0.3) is 0 Å². The summed E-state index contributed by atoms with van der Waals surface area (Å²) < 4.78 is 1.74. The fourth-order valence-electron chi connectivity index (χ4n) is 2.66. The highest BCUT2D eigenvalue weighted by Crippen LogP contribution is 2.32. The predicted octanol–water partition coefficient (Wildman–Crippen LogP) is 1.78. The van der Waals surface area contributed by atoms with Crippen molar-refractivity contribution >= 4 is 31.9 Å². The molecule has 5 nitrogen and oxygen atoms in total. The van der Waals surface area contributed by atoms with Crippen molar-refractivity contribution in [3.63, 3.8) is 0 Å². The van der Waals surface area contributed by atoms with Gasteiger partial charge in [0.15, 0.2) is 0 Å². The van der Waals surface area contributed by atoms with Gasteiger partial charge in [-0.15, -0.1) is 0 Å². The average molecular weight is 476 g/mol. The van der Waals surface area contributed by atoms with Crippen molar-refractivity contribution in [3.8, 4) is 0 Å². The summed E-state index contributed by atoms with van der Waals surface area (Å²) in [4.78, 5) is 0. The summed E-state index contributed by atoms with van der Waals surface area (Å²) >= 11 is 6.72. The third-order valence-electron chi connectivity index (χ3n) is 4.08. The van der Waals surface area contributed by atoms with Gasteiger partial charge in [0.1, 0.15) is 18.3 Å². The van der Waals surface area contributed by atoms with E-state index < -0.39 is 36.9 Å². The molecule has 0 saturated carbocycles. The van der Waals surface area contributed by atoms with Crippen LogP contribution in [0.25, 0.3) is 0 Å². The van der Waals surface area contributed by atoms with E-state index in [0.717, 1.165) is 20.1 Å². The zero-order chi connectivity index (χ0) is 18.6. The Labute approximate surface area is 162 Å². The van der Waals surface area contributed by atoms with Crippen LogP contribution in [-0.2, 0) is 0 Å². The second-order valence-corrected chi connectivity index (χ2v) is 7.63. The van der Waals surface area contributed by atoms with Gasteiger partial charge in [-0.3, -0.25) is 0 Å². The maximum Gasteiger partial charge on any atom is 0.111 e. The fraction of sp³-hybridized carbons (Fsp3) is 0.333. The Morgan fingerprint density at radius 2 is 1.04 bits per heavy atom. The quantitative estimate of drug-likeness (QED) is 0.420. The third kappa shape index (κ3) is 5.10. The number of hydrogen-bond donors (Lipinski definition) is 5. The van der Waals surface area contributed by atoms with Gasteiger partial charge in [0.05, 0.1) is 12.7 Å². The lowest BCUT2D eigenvalue weighted by Gasteiger charge is -2.31. The highest BCUT2D eigenvalue weighted by atomic mass is 79.9. The first-order valence-electron chi connectivity index (χ1n) is 7.69. The lowest BCUT2D eigenvalue weighted by atomic mass is 9.82. The number of aliphatic hydroxyl groups excluding tert-OH is 5. The zero-order valence-corrected chi connectivity index (χ0v) is 16.4. The number of rotatable bonds is 7.